The maximum absolute atomic E-state index is 8.82. The molecule has 0 saturated heterocycles. The summed E-state index contributed by atoms with van der Waals surface area (Å²) >= 11 is 0. The number of aliphatic hydroxyl groups is 1. The van der Waals surface area contributed by atoms with Crippen molar-refractivity contribution in [1.29, 1.82) is 0 Å². The molecule has 0 bridgehead atoms. The largest absolute Gasteiger partial charge is 0.497 e. The summed E-state index contributed by atoms with van der Waals surface area (Å²) in [5.41, 5.74) is 7.20. The normalized spacial score (nSPS) is 12.6. The van der Waals surface area contributed by atoms with Crippen molar-refractivity contribution in [1.82, 2.24) is 0 Å². The predicted molar refractivity (Wildman–Crippen MR) is 73.7 cm³/mol. The number of hydrogen-bond donors (Lipinski definition) is 2. The Bertz CT molecular complexity index is 525. The van der Waals surface area contributed by atoms with Gasteiger partial charge < -0.3 is 15.6 Å². The first-order valence-electron chi connectivity index (χ1n) is 6.18. The molecule has 0 saturated carbocycles. The monoisotopic (exact) mass is 245 g/mol. The summed E-state index contributed by atoms with van der Waals surface area (Å²) in [4.78, 5) is 0. The van der Waals surface area contributed by atoms with Crippen molar-refractivity contribution in [3.63, 3.8) is 0 Å². The van der Waals surface area contributed by atoms with Crippen molar-refractivity contribution in [3.05, 3.63) is 42.0 Å². The third-order valence-electron chi connectivity index (χ3n) is 3.17. The number of aliphatic hydroxyl groups excluding tert-OH is 1. The first kappa shape index (κ1) is 12.9. The number of rotatable bonds is 5. The number of hydrogen-bond acceptors (Lipinski definition) is 3. The first-order chi connectivity index (χ1) is 8.74. The van der Waals surface area contributed by atoms with Gasteiger partial charge in [-0.3, -0.25) is 0 Å². The summed E-state index contributed by atoms with van der Waals surface area (Å²) in [6.45, 7) is 0.193. The van der Waals surface area contributed by atoms with E-state index >= 15 is 0 Å². The smallest absolute Gasteiger partial charge is 0.119 e. The Labute approximate surface area is 107 Å². The van der Waals surface area contributed by atoms with Crippen LogP contribution in [-0.4, -0.2) is 18.8 Å². The van der Waals surface area contributed by atoms with Gasteiger partial charge in [-0.1, -0.05) is 18.2 Å². The molecule has 0 amide bonds. The lowest BCUT2D eigenvalue weighted by Gasteiger charge is -2.12. The Morgan fingerprint density at radius 1 is 1.17 bits per heavy atom. The number of benzene rings is 2. The van der Waals surface area contributed by atoms with Crippen LogP contribution in [0.2, 0.25) is 0 Å². The lowest BCUT2D eigenvalue weighted by Crippen LogP contribution is -2.10. The van der Waals surface area contributed by atoms with E-state index < -0.39 is 0 Å². The van der Waals surface area contributed by atoms with Gasteiger partial charge in [0.1, 0.15) is 5.75 Å². The predicted octanol–water partition coefficient (Wildman–Crippen LogP) is 2.62. The second kappa shape index (κ2) is 5.85. The summed E-state index contributed by atoms with van der Waals surface area (Å²) in [6, 6.07) is 12.2. The van der Waals surface area contributed by atoms with Crippen LogP contribution in [0.4, 0.5) is 0 Å². The fourth-order valence-corrected chi connectivity index (χ4v) is 2.08. The molecule has 2 aromatic carbocycles. The molecule has 3 heteroatoms. The van der Waals surface area contributed by atoms with Gasteiger partial charge in [0.15, 0.2) is 0 Å². The Morgan fingerprint density at radius 2 is 1.89 bits per heavy atom. The lowest BCUT2D eigenvalue weighted by molar-refractivity contribution is 0.280. The average molecular weight is 245 g/mol. The molecule has 96 valence electrons. The van der Waals surface area contributed by atoms with Crippen molar-refractivity contribution >= 4 is 10.8 Å². The SMILES string of the molecule is COc1ccc2cc([C@H](N)CCCO)ccc2c1. The van der Waals surface area contributed by atoms with E-state index in [0.717, 1.165) is 34.9 Å². The highest BCUT2D eigenvalue weighted by Crippen LogP contribution is 2.25. The van der Waals surface area contributed by atoms with Crippen molar-refractivity contribution < 1.29 is 9.84 Å². The highest BCUT2D eigenvalue weighted by molar-refractivity contribution is 5.84. The molecular formula is C15H19NO2. The van der Waals surface area contributed by atoms with Gasteiger partial charge in [0.2, 0.25) is 0 Å². The second-order valence-corrected chi connectivity index (χ2v) is 4.44. The Balaban J connectivity index is 2.27. The Kier molecular flexibility index (Phi) is 4.18. The van der Waals surface area contributed by atoms with Gasteiger partial charge in [-0.2, -0.15) is 0 Å². The van der Waals surface area contributed by atoms with Crippen LogP contribution in [0.15, 0.2) is 36.4 Å². The van der Waals surface area contributed by atoms with E-state index in [-0.39, 0.29) is 12.6 Å². The van der Waals surface area contributed by atoms with Gasteiger partial charge >= 0.3 is 0 Å². The second-order valence-electron chi connectivity index (χ2n) is 4.44. The minimum atomic E-state index is -0.0105. The van der Waals surface area contributed by atoms with Crippen LogP contribution >= 0.6 is 0 Å². The molecule has 0 aliphatic heterocycles. The zero-order valence-corrected chi connectivity index (χ0v) is 10.6. The van der Waals surface area contributed by atoms with Crippen molar-refractivity contribution in [2.45, 2.75) is 18.9 Å². The van der Waals surface area contributed by atoms with Gasteiger partial charge in [-0.25, -0.2) is 0 Å². The molecule has 0 aromatic heterocycles. The molecule has 3 N–H and O–H groups in total. The van der Waals surface area contributed by atoms with Crippen LogP contribution in [0.25, 0.3) is 10.8 Å². The quantitative estimate of drug-likeness (QED) is 0.851. The molecule has 0 aliphatic rings. The summed E-state index contributed by atoms with van der Waals surface area (Å²) < 4.78 is 5.20. The topological polar surface area (TPSA) is 55.5 Å². The number of ether oxygens (including phenoxy) is 1. The molecular weight excluding hydrogens is 226 g/mol. The van der Waals surface area contributed by atoms with Crippen LogP contribution < -0.4 is 10.5 Å². The van der Waals surface area contributed by atoms with Crippen LogP contribution in [0.5, 0.6) is 5.75 Å². The first-order valence-corrected chi connectivity index (χ1v) is 6.18. The van der Waals surface area contributed by atoms with Gasteiger partial charge in [-0.15, -0.1) is 0 Å². The lowest BCUT2D eigenvalue weighted by atomic mass is 9.99. The van der Waals surface area contributed by atoms with Crippen molar-refractivity contribution in [3.8, 4) is 5.75 Å². The van der Waals surface area contributed by atoms with Crippen LogP contribution in [0.3, 0.4) is 0 Å². The van der Waals surface area contributed by atoms with Crippen molar-refractivity contribution in [2.75, 3.05) is 13.7 Å². The Morgan fingerprint density at radius 3 is 2.61 bits per heavy atom. The van der Waals surface area contributed by atoms with Crippen molar-refractivity contribution in [2.24, 2.45) is 5.73 Å². The van der Waals surface area contributed by atoms with E-state index in [0.29, 0.717) is 0 Å². The van der Waals surface area contributed by atoms with E-state index in [4.69, 9.17) is 15.6 Å². The van der Waals surface area contributed by atoms with Crippen LogP contribution in [0, 0.1) is 0 Å². The summed E-state index contributed by atoms with van der Waals surface area (Å²) in [5, 5.41) is 11.1. The summed E-state index contributed by atoms with van der Waals surface area (Å²) in [5.74, 6) is 0.861. The maximum atomic E-state index is 8.82. The fourth-order valence-electron chi connectivity index (χ4n) is 2.08. The molecule has 0 aliphatic carbocycles. The molecule has 0 radical (unpaired) electrons. The average Bonchev–Trinajstić information content (AvgIpc) is 2.43. The van der Waals surface area contributed by atoms with E-state index in [2.05, 4.69) is 12.1 Å². The van der Waals surface area contributed by atoms with Gasteiger partial charge in [0, 0.05) is 12.6 Å². The third kappa shape index (κ3) is 2.81. The standard InChI is InChI=1S/C15H19NO2/c1-18-14-7-6-11-9-13(5-4-12(11)10-14)15(16)3-2-8-17/h4-7,9-10,15,17H,2-3,8,16H2,1H3/t15-/m1/s1. The van der Waals surface area contributed by atoms with Gasteiger partial charge in [-0.05, 0) is 47.4 Å². The highest BCUT2D eigenvalue weighted by Gasteiger charge is 2.06. The summed E-state index contributed by atoms with van der Waals surface area (Å²) in [6.07, 6.45) is 1.54. The van der Waals surface area contributed by atoms with Crippen LogP contribution in [0.1, 0.15) is 24.4 Å². The van der Waals surface area contributed by atoms with Gasteiger partial charge in [0.25, 0.3) is 0 Å². The van der Waals surface area contributed by atoms with E-state index in [1.807, 2.05) is 24.3 Å². The molecule has 0 fully saturated rings. The third-order valence-corrected chi connectivity index (χ3v) is 3.17. The number of methoxy groups -OCH3 is 1. The molecule has 0 heterocycles. The molecule has 0 unspecified atom stereocenters. The minimum Gasteiger partial charge on any atom is -0.497 e. The zero-order chi connectivity index (χ0) is 13.0. The zero-order valence-electron chi connectivity index (χ0n) is 10.6. The number of fused-ring (bicyclic) bond motifs is 1. The number of nitrogens with two attached hydrogens (primary N) is 1. The highest BCUT2D eigenvalue weighted by atomic mass is 16.5. The fraction of sp³-hybridized carbons (Fsp3) is 0.333. The van der Waals surface area contributed by atoms with E-state index in [1.165, 1.54) is 0 Å². The molecule has 0 spiro atoms. The molecule has 18 heavy (non-hydrogen) atoms. The molecule has 3 nitrogen and oxygen atoms in total. The Hall–Kier alpha value is -1.58. The van der Waals surface area contributed by atoms with Gasteiger partial charge in [0.05, 0.1) is 7.11 Å². The van der Waals surface area contributed by atoms with E-state index in [9.17, 15) is 0 Å². The van der Waals surface area contributed by atoms with E-state index in [1.54, 1.807) is 7.11 Å². The molecule has 2 aromatic rings. The maximum Gasteiger partial charge on any atom is 0.119 e. The minimum absolute atomic E-state index is 0.0105. The molecule has 2 rings (SSSR count). The van der Waals surface area contributed by atoms with Crippen LogP contribution in [-0.2, 0) is 0 Å². The molecule has 1 atom stereocenters. The summed E-state index contributed by atoms with van der Waals surface area (Å²) in [7, 11) is 1.67.